The molecule has 1 fully saturated rings. The molecule has 0 spiro atoms. The van der Waals surface area contributed by atoms with Crippen LogP contribution in [0.4, 0.5) is 0 Å². The van der Waals surface area contributed by atoms with Crippen molar-refractivity contribution in [2.24, 2.45) is 0 Å². The Morgan fingerprint density at radius 1 is 1.43 bits per heavy atom. The van der Waals surface area contributed by atoms with Gasteiger partial charge < -0.3 is 14.8 Å². The van der Waals surface area contributed by atoms with E-state index in [1.165, 1.54) is 11.1 Å². The normalized spacial score (nSPS) is 19.3. The maximum absolute atomic E-state index is 12.2. The molecule has 116 valence electrons. The van der Waals surface area contributed by atoms with Crippen molar-refractivity contribution < 1.29 is 14.3 Å². The van der Waals surface area contributed by atoms with Crippen LogP contribution in [0.3, 0.4) is 0 Å². The number of hydrogen-bond donors (Lipinski definition) is 1. The van der Waals surface area contributed by atoms with Gasteiger partial charge in [0, 0.05) is 13.2 Å². The Morgan fingerprint density at radius 3 is 2.86 bits per heavy atom. The van der Waals surface area contributed by atoms with Crippen LogP contribution in [0.1, 0.15) is 37.3 Å². The van der Waals surface area contributed by atoms with Gasteiger partial charge in [0.05, 0.1) is 6.10 Å². The van der Waals surface area contributed by atoms with Crippen LogP contribution in [0.15, 0.2) is 18.2 Å². The van der Waals surface area contributed by atoms with E-state index in [-0.39, 0.29) is 12.0 Å². The molecule has 1 N–H and O–H groups in total. The number of hydrogen-bond acceptors (Lipinski definition) is 3. The standard InChI is InChI=1S/C17H25NO3/c1-4-16(17(19)18-11-15-6-5-9-20-15)21-14-8-7-12(2)13(3)10-14/h7-8,10,15-16H,4-6,9,11H2,1-3H3,(H,18,19)/t15-,16-/m1/s1. The second kappa shape index (κ2) is 7.46. The van der Waals surface area contributed by atoms with E-state index in [0.29, 0.717) is 13.0 Å². The van der Waals surface area contributed by atoms with Crippen molar-refractivity contribution in [3.63, 3.8) is 0 Å². The number of aryl methyl sites for hydroxylation is 2. The van der Waals surface area contributed by atoms with Crippen LogP contribution in [0.25, 0.3) is 0 Å². The third-order valence-corrected chi connectivity index (χ3v) is 3.95. The first-order valence-electron chi connectivity index (χ1n) is 7.73. The van der Waals surface area contributed by atoms with E-state index in [0.717, 1.165) is 25.2 Å². The van der Waals surface area contributed by atoms with Crippen LogP contribution in [-0.2, 0) is 9.53 Å². The van der Waals surface area contributed by atoms with Crippen molar-refractivity contribution in [3.05, 3.63) is 29.3 Å². The number of ether oxygens (including phenoxy) is 2. The number of carbonyl (C=O) groups is 1. The molecular weight excluding hydrogens is 266 g/mol. The van der Waals surface area contributed by atoms with Gasteiger partial charge in [-0.25, -0.2) is 0 Å². The number of benzene rings is 1. The lowest BCUT2D eigenvalue weighted by atomic mass is 10.1. The lowest BCUT2D eigenvalue weighted by molar-refractivity contribution is -0.128. The lowest BCUT2D eigenvalue weighted by Crippen LogP contribution is -2.41. The summed E-state index contributed by atoms with van der Waals surface area (Å²) in [5, 5.41) is 2.93. The first kappa shape index (κ1) is 15.8. The second-order valence-electron chi connectivity index (χ2n) is 5.64. The molecule has 1 heterocycles. The van der Waals surface area contributed by atoms with E-state index in [4.69, 9.17) is 9.47 Å². The van der Waals surface area contributed by atoms with Gasteiger partial charge in [0.25, 0.3) is 5.91 Å². The van der Waals surface area contributed by atoms with Crippen molar-refractivity contribution in [3.8, 4) is 5.75 Å². The topological polar surface area (TPSA) is 47.6 Å². The molecule has 4 nitrogen and oxygen atoms in total. The zero-order valence-electron chi connectivity index (χ0n) is 13.1. The fraction of sp³-hybridized carbons (Fsp3) is 0.588. The predicted molar refractivity (Wildman–Crippen MR) is 82.6 cm³/mol. The third kappa shape index (κ3) is 4.46. The van der Waals surface area contributed by atoms with E-state index in [9.17, 15) is 4.79 Å². The molecule has 1 saturated heterocycles. The Balaban J connectivity index is 1.88. The SMILES string of the molecule is CC[C@@H](Oc1ccc(C)c(C)c1)C(=O)NC[C@H]1CCCO1. The molecule has 1 aromatic carbocycles. The molecular formula is C17H25NO3. The number of nitrogens with one attached hydrogen (secondary N) is 1. The van der Waals surface area contributed by atoms with Crippen molar-refractivity contribution in [1.29, 1.82) is 0 Å². The fourth-order valence-corrected chi connectivity index (χ4v) is 2.41. The molecule has 0 bridgehead atoms. The van der Waals surface area contributed by atoms with Gasteiger partial charge in [-0.1, -0.05) is 13.0 Å². The quantitative estimate of drug-likeness (QED) is 0.876. The van der Waals surface area contributed by atoms with Crippen LogP contribution >= 0.6 is 0 Å². The van der Waals surface area contributed by atoms with Crippen LogP contribution in [0, 0.1) is 13.8 Å². The average Bonchev–Trinajstić information content (AvgIpc) is 2.99. The molecule has 1 amide bonds. The maximum Gasteiger partial charge on any atom is 0.261 e. The van der Waals surface area contributed by atoms with Gasteiger partial charge in [0.1, 0.15) is 5.75 Å². The molecule has 21 heavy (non-hydrogen) atoms. The highest BCUT2D eigenvalue weighted by molar-refractivity contribution is 5.81. The molecule has 0 unspecified atom stereocenters. The monoisotopic (exact) mass is 291 g/mol. The summed E-state index contributed by atoms with van der Waals surface area (Å²) in [4.78, 5) is 12.2. The van der Waals surface area contributed by atoms with Crippen LogP contribution in [-0.4, -0.2) is 31.3 Å². The van der Waals surface area contributed by atoms with Gasteiger partial charge in [-0.2, -0.15) is 0 Å². The molecule has 1 aliphatic rings. The molecule has 0 radical (unpaired) electrons. The van der Waals surface area contributed by atoms with E-state index in [1.807, 2.05) is 32.0 Å². The summed E-state index contributed by atoms with van der Waals surface area (Å²) < 4.78 is 11.3. The predicted octanol–water partition coefficient (Wildman–Crippen LogP) is 2.76. The van der Waals surface area contributed by atoms with Gasteiger partial charge >= 0.3 is 0 Å². The fourth-order valence-electron chi connectivity index (χ4n) is 2.41. The third-order valence-electron chi connectivity index (χ3n) is 3.95. The average molecular weight is 291 g/mol. The molecule has 0 aliphatic carbocycles. The molecule has 1 aliphatic heterocycles. The minimum absolute atomic E-state index is 0.0637. The Kier molecular flexibility index (Phi) is 5.62. The van der Waals surface area contributed by atoms with E-state index < -0.39 is 6.10 Å². The molecule has 2 atom stereocenters. The highest BCUT2D eigenvalue weighted by atomic mass is 16.5. The largest absolute Gasteiger partial charge is 0.481 e. The molecule has 0 aromatic heterocycles. The summed E-state index contributed by atoms with van der Waals surface area (Å²) in [5.41, 5.74) is 2.39. The Hall–Kier alpha value is -1.55. The van der Waals surface area contributed by atoms with Crippen LogP contribution in [0.5, 0.6) is 5.75 Å². The summed E-state index contributed by atoms with van der Waals surface area (Å²) in [5.74, 6) is 0.684. The highest BCUT2D eigenvalue weighted by Crippen LogP contribution is 2.18. The van der Waals surface area contributed by atoms with E-state index >= 15 is 0 Å². The molecule has 2 rings (SSSR count). The van der Waals surface area contributed by atoms with Crippen molar-refractivity contribution in [2.75, 3.05) is 13.2 Å². The second-order valence-corrected chi connectivity index (χ2v) is 5.64. The van der Waals surface area contributed by atoms with Gasteiger partial charge in [0.2, 0.25) is 0 Å². The maximum atomic E-state index is 12.2. The van der Waals surface area contributed by atoms with Gasteiger partial charge in [0.15, 0.2) is 6.10 Å². The Morgan fingerprint density at radius 2 is 2.24 bits per heavy atom. The minimum Gasteiger partial charge on any atom is -0.481 e. The first-order valence-corrected chi connectivity index (χ1v) is 7.73. The summed E-state index contributed by atoms with van der Waals surface area (Å²) in [6, 6.07) is 5.91. The minimum atomic E-state index is -0.450. The summed E-state index contributed by atoms with van der Waals surface area (Å²) in [6.07, 6.45) is 2.46. The van der Waals surface area contributed by atoms with Crippen molar-refractivity contribution >= 4 is 5.91 Å². The zero-order chi connectivity index (χ0) is 15.2. The summed E-state index contributed by atoms with van der Waals surface area (Å²) in [6.45, 7) is 7.44. The number of rotatable bonds is 6. The Bertz CT molecular complexity index is 481. The number of amides is 1. The molecule has 0 saturated carbocycles. The summed E-state index contributed by atoms with van der Waals surface area (Å²) in [7, 11) is 0. The summed E-state index contributed by atoms with van der Waals surface area (Å²) >= 11 is 0. The van der Waals surface area contributed by atoms with Gasteiger partial charge in [-0.15, -0.1) is 0 Å². The van der Waals surface area contributed by atoms with Crippen LogP contribution < -0.4 is 10.1 Å². The zero-order valence-corrected chi connectivity index (χ0v) is 13.1. The van der Waals surface area contributed by atoms with Crippen molar-refractivity contribution in [1.82, 2.24) is 5.32 Å². The molecule has 4 heteroatoms. The van der Waals surface area contributed by atoms with Crippen molar-refractivity contribution in [2.45, 2.75) is 52.2 Å². The van der Waals surface area contributed by atoms with Crippen LogP contribution in [0.2, 0.25) is 0 Å². The van der Waals surface area contributed by atoms with E-state index in [1.54, 1.807) is 0 Å². The lowest BCUT2D eigenvalue weighted by Gasteiger charge is -2.19. The Labute approximate surface area is 126 Å². The van der Waals surface area contributed by atoms with Gasteiger partial charge in [-0.05, 0) is 56.4 Å². The highest BCUT2D eigenvalue weighted by Gasteiger charge is 2.21. The first-order chi connectivity index (χ1) is 10.1. The molecule has 1 aromatic rings. The van der Waals surface area contributed by atoms with Gasteiger partial charge in [-0.3, -0.25) is 4.79 Å². The van der Waals surface area contributed by atoms with E-state index in [2.05, 4.69) is 12.2 Å². The smallest absolute Gasteiger partial charge is 0.261 e. The number of carbonyl (C=O) groups excluding carboxylic acids is 1.